The lowest BCUT2D eigenvalue weighted by molar-refractivity contribution is -0.116. The number of halogens is 1. The molecule has 4 heteroatoms. The van der Waals surface area contributed by atoms with Crippen LogP contribution in [0.15, 0.2) is 64.8 Å². The number of Topliss-reactive ketones (excluding diaryl/α,β-unsaturated/α-hetero) is 2. The number of rotatable bonds is 1. The molecule has 0 unspecified atom stereocenters. The zero-order chi connectivity index (χ0) is 17.8. The fraction of sp³-hybridized carbons (Fsp3) is 0.227. The highest BCUT2D eigenvalue weighted by molar-refractivity contribution is 6.30. The van der Waals surface area contributed by atoms with Crippen LogP contribution in [0.25, 0.3) is 0 Å². The lowest BCUT2D eigenvalue weighted by atomic mass is 9.71. The van der Waals surface area contributed by atoms with E-state index in [2.05, 4.69) is 0 Å². The summed E-state index contributed by atoms with van der Waals surface area (Å²) in [4.78, 5) is 30.7. The molecule has 3 aliphatic rings. The highest BCUT2D eigenvalue weighted by atomic mass is 19.1. The molecule has 0 fully saturated rings. The van der Waals surface area contributed by atoms with Crippen LogP contribution in [-0.4, -0.2) is 17.3 Å². The van der Waals surface area contributed by atoms with E-state index in [1.54, 1.807) is 12.1 Å². The highest BCUT2D eigenvalue weighted by Crippen LogP contribution is 2.48. The van der Waals surface area contributed by atoms with Gasteiger partial charge in [-0.2, -0.15) is 0 Å². The molecule has 26 heavy (non-hydrogen) atoms. The Morgan fingerprint density at radius 2 is 1.62 bits per heavy atom. The third-order valence-electron chi connectivity index (χ3n) is 5.60. The Kier molecular flexibility index (Phi) is 3.29. The Balaban J connectivity index is 1.76. The molecular weight excluding hydrogens is 329 g/mol. The SMILES string of the molecule is O=C1CCCC2=C1[C@H](c1ccc(F)cc1)[C@H]1C(=O)c3ccccc3C1=N2. The molecule has 0 bridgehead atoms. The van der Waals surface area contributed by atoms with Crippen LogP contribution in [0.4, 0.5) is 4.39 Å². The van der Waals surface area contributed by atoms with Gasteiger partial charge in [-0.15, -0.1) is 0 Å². The van der Waals surface area contributed by atoms with Crippen LogP contribution >= 0.6 is 0 Å². The molecule has 0 N–H and O–H groups in total. The van der Waals surface area contributed by atoms with E-state index in [-0.39, 0.29) is 23.3 Å². The van der Waals surface area contributed by atoms with E-state index in [1.807, 2.05) is 24.3 Å². The van der Waals surface area contributed by atoms with Gasteiger partial charge in [-0.05, 0) is 30.5 Å². The molecule has 2 aromatic carbocycles. The summed E-state index contributed by atoms with van der Waals surface area (Å²) in [5.74, 6) is -1.15. The van der Waals surface area contributed by atoms with Crippen molar-refractivity contribution in [3.8, 4) is 0 Å². The zero-order valence-corrected chi connectivity index (χ0v) is 14.0. The summed E-state index contributed by atoms with van der Waals surface area (Å²) in [6.07, 6.45) is 2.01. The monoisotopic (exact) mass is 345 g/mol. The number of allylic oxidation sites excluding steroid dienone is 2. The van der Waals surface area contributed by atoms with Crippen molar-refractivity contribution < 1.29 is 14.0 Å². The largest absolute Gasteiger partial charge is 0.294 e. The lowest BCUT2D eigenvalue weighted by Gasteiger charge is -2.33. The second kappa shape index (κ2) is 5.56. The minimum atomic E-state index is -0.501. The average molecular weight is 345 g/mol. The van der Waals surface area contributed by atoms with Gasteiger partial charge in [-0.25, -0.2) is 4.39 Å². The Hall–Kier alpha value is -2.88. The first-order chi connectivity index (χ1) is 12.6. The standard InChI is InChI=1S/C22H16FNO2/c23-13-10-8-12(9-11-13)18-19-16(6-3-7-17(19)25)24-21-14-4-1-2-5-15(14)22(26)20(18)21/h1-2,4-5,8-11,18,20H,3,6-7H2/t18-,20+/m0/s1. The highest BCUT2D eigenvalue weighted by Gasteiger charge is 2.48. The van der Waals surface area contributed by atoms with Crippen LogP contribution in [-0.2, 0) is 4.79 Å². The molecular formula is C22H16FNO2. The minimum absolute atomic E-state index is 0.00130. The van der Waals surface area contributed by atoms with Crippen molar-refractivity contribution in [1.82, 2.24) is 0 Å². The van der Waals surface area contributed by atoms with E-state index in [1.165, 1.54) is 12.1 Å². The summed E-state index contributed by atoms with van der Waals surface area (Å²) in [5, 5.41) is 0. The van der Waals surface area contributed by atoms with Gasteiger partial charge in [0.1, 0.15) is 5.82 Å². The van der Waals surface area contributed by atoms with Crippen LogP contribution < -0.4 is 0 Å². The van der Waals surface area contributed by atoms with Gasteiger partial charge < -0.3 is 0 Å². The molecule has 2 aliphatic carbocycles. The topological polar surface area (TPSA) is 46.5 Å². The van der Waals surface area contributed by atoms with Crippen LogP contribution in [0, 0.1) is 11.7 Å². The van der Waals surface area contributed by atoms with Gasteiger partial charge in [0.15, 0.2) is 11.6 Å². The summed E-state index contributed by atoms with van der Waals surface area (Å²) in [5.41, 5.74) is 4.53. The molecule has 3 nitrogen and oxygen atoms in total. The third kappa shape index (κ3) is 2.08. The number of ketones is 2. The molecule has 2 atom stereocenters. The Morgan fingerprint density at radius 3 is 2.38 bits per heavy atom. The first-order valence-corrected chi connectivity index (χ1v) is 8.89. The average Bonchev–Trinajstić information content (AvgIpc) is 2.94. The molecule has 0 aromatic heterocycles. The van der Waals surface area contributed by atoms with E-state index in [4.69, 9.17) is 4.99 Å². The maximum atomic E-state index is 13.5. The molecule has 2 aromatic rings. The summed E-state index contributed by atoms with van der Waals surface area (Å²) >= 11 is 0. The van der Waals surface area contributed by atoms with Crippen molar-refractivity contribution in [2.75, 3.05) is 0 Å². The molecule has 0 radical (unpaired) electrons. The van der Waals surface area contributed by atoms with Crippen LogP contribution in [0.2, 0.25) is 0 Å². The van der Waals surface area contributed by atoms with Crippen molar-refractivity contribution in [2.45, 2.75) is 25.2 Å². The first-order valence-electron chi connectivity index (χ1n) is 8.89. The molecule has 0 spiro atoms. The predicted octanol–water partition coefficient (Wildman–Crippen LogP) is 4.23. The first kappa shape index (κ1) is 15.4. The molecule has 128 valence electrons. The zero-order valence-electron chi connectivity index (χ0n) is 14.0. The molecule has 1 aliphatic heterocycles. The van der Waals surface area contributed by atoms with Crippen molar-refractivity contribution in [3.63, 3.8) is 0 Å². The second-order valence-corrected chi connectivity index (χ2v) is 7.05. The van der Waals surface area contributed by atoms with Gasteiger partial charge in [0.05, 0.1) is 11.6 Å². The number of hydrogen-bond acceptors (Lipinski definition) is 3. The predicted molar refractivity (Wildman–Crippen MR) is 95.8 cm³/mol. The van der Waals surface area contributed by atoms with Gasteiger partial charge in [0.2, 0.25) is 0 Å². The fourth-order valence-electron chi connectivity index (χ4n) is 4.48. The van der Waals surface area contributed by atoms with E-state index < -0.39 is 5.92 Å². The Labute approximate surface area is 150 Å². The fourth-order valence-corrected chi connectivity index (χ4v) is 4.48. The number of nitrogens with zero attached hydrogens (tertiary/aromatic N) is 1. The number of fused-ring (bicyclic) bond motifs is 3. The number of aliphatic imine (C=N–C) groups is 1. The van der Waals surface area contributed by atoms with E-state index in [9.17, 15) is 14.0 Å². The summed E-state index contributed by atoms with van der Waals surface area (Å²) in [6.45, 7) is 0. The van der Waals surface area contributed by atoms with Gasteiger partial charge in [0.25, 0.3) is 0 Å². The summed E-state index contributed by atoms with van der Waals surface area (Å²) in [7, 11) is 0. The summed E-state index contributed by atoms with van der Waals surface area (Å²) in [6, 6.07) is 13.6. The lowest BCUT2D eigenvalue weighted by Crippen LogP contribution is -2.33. The Bertz CT molecular complexity index is 1020. The van der Waals surface area contributed by atoms with Crippen LogP contribution in [0.5, 0.6) is 0 Å². The maximum Gasteiger partial charge on any atom is 0.173 e. The van der Waals surface area contributed by atoms with Crippen molar-refractivity contribution >= 4 is 17.3 Å². The molecule has 0 saturated carbocycles. The Morgan fingerprint density at radius 1 is 0.885 bits per heavy atom. The molecule has 5 rings (SSSR count). The smallest absolute Gasteiger partial charge is 0.173 e. The van der Waals surface area contributed by atoms with Crippen molar-refractivity contribution in [2.24, 2.45) is 10.9 Å². The molecule has 0 amide bonds. The van der Waals surface area contributed by atoms with E-state index >= 15 is 0 Å². The minimum Gasteiger partial charge on any atom is -0.294 e. The van der Waals surface area contributed by atoms with Gasteiger partial charge in [0, 0.05) is 34.7 Å². The number of benzene rings is 2. The number of carbonyl (C=O) groups excluding carboxylic acids is 2. The van der Waals surface area contributed by atoms with Crippen molar-refractivity contribution in [1.29, 1.82) is 0 Å². The van der Waals surface area contributed by atoms with Gasteiger partial charge >= 0.3 is 0 Å². The summed E-state index contributed by atoms with van der Waals surface area (Å²) < 4.78 is 13.5. The van der Waals surface area contributed by atoms with Crippen LogP contribution in [0.3, 0.4) is 0 Å². The maximum absolute atomic E-state index is 13.5. The van der Waals surface area contributed by atoms with E-state index in [0.717, 1.165) is 35.4 Å². The van der Waals surface area contributed by atoms with E-state index in [0.29, 0.717) is 17.6 Å². The normalized spacial score (nSPS) is 24.1. The van der Waals surface area contributed by atoms with Gasteiger partial charge in [-0.1, -0.05) is 36.4 Å². The molecule has 1 heterocycles. The van der Waals surface area contributed by atoms with Gasteiger partial charge in [-0.3, -0.25) is 14.6 Å². The quantitative estimate of drug-likeness (QED) is 0.776. The second-order valence-electron chi connectivity index (χ2n) is 7.05. The van der Waals surface area contributed by atoms with Crippen LogP contribution in [0.1, 0.15) is 46.7 Å². The number of hydrogen-bond donors (Lipinski definition) is 0. The number of carbonyl (C=O) groups is 2. The van der Waals surface area contributed by atoms with Crippen molar-refractivity contribution in [3.05, 3.63) is 82.3 Å². The third-order valence-corrected chi connectivity index (χ3v) is 5.60. The molecule has 0 saturated heterocycles.